The van der Waals surface area contributed by atoms with E-state index in [-0.39, 0.29) is 6.61 Å². The van der Waals surface area contributed by atoms with E-state index < -0.39 is 0 Å². The van der Waals surface area contributed by atoms with Gasteiger partial charge in [0.05, 0.1) is 6.61 Å². The third-order valence-electron chi connectivity index (χ3n) is 3.42. The second-order valence-electron chi connectivity index (χ2n) is 5.81. The summed E-state index contributed by atoms with van der Waals surface area (Å²) in [6, 6.07) is 0. The zero-order valence-corrected chi connectivity index (χ0v) is 15.6. The van der Waals surface area contributed by atoms with Crippen LogP contribution in [0.4, 0.5) is 0 Å². The molecule has 132 valence electrons. The molecule has 0 aliphatic heterocycles. The molecule has 0 atom stereocenters. The predicted octanol–water partition coefficient (Wildman–Crippen LogP) is 2.71. The van der Waals surface area contributed by atoms with Crippen LogP contribution in [0.3, 0.4) is 0 Å². The SMILES string of the molecule is C/C=C(\C=C(/CCC)N(C)C(CC)=N/C=C(/N)CN(C)C)CO. The van der Waals surface area contributed by atoms with Crippen molar-refractivity contribution in [3.05, 3.63) is 35.3 Å². The molecule has 0 spiro atoms. The van der Waals surface area contributed by atoms with Crippen molar-refractivity contribution in [2.24, 2.45) is 10.7 Å². The summed E-state index contributed by atoms with van der Waals surface area (Å²) in [6.45, 7) is 6.90. The molecule has 0 saturated carbocycles. The van der Waals surface area contributed by atoms with E-state index in [1.807, 2.05) is 45.1 Å². The van der Waals surface area contributed by atoms with E-state index >= 15 is 0 Å². The Morgan fingerprint density at radius 3 is 2.30 bits per heavy atom. The molecule has 0 unspecified atom stereocenters. The number of aliphatic imine (C=N–C) groups is 1. The largest absolute Gasteiger partial charge is 0.400 e. The molecule has 0 aromatic carbocycles. The van der Waals surface area contributed by atoms with Crippen molar-refractivity contribution >= 4 is 5.84 Å². The average molecular weight is 322 g/mol. The highest BCUT2D eigenvalue weighted by Crippen LogP contribution is 2.15. The van der Waals surface area contributed by atoms with Crippen molar-refractivity contribution in [2.45, 2.75) is 40.0 Å². The first-order valence-electron chi connectivity index (χ1n) is 8.25. The van der Waals surface area contributed by atoms with Crippen LogP contribution >= 0.6 is 0 Å². The molecule has 5 heteroatoms. The minimum absolute atomic E-state index is 0.0475. The highest BCUT2D eigenvalue weighted by Gasteiger charge is 2.10. The van der Waals surface area contributed by atoms with E-state index in [0.717, 1.165) is 42.1 Å². The number of hydrogen-bond donors (Lipinski definition) is 2. The highest BCUT2D eigenvalue weighted by atomic mass is 16.3. The molecule has 23 heavy (non-hydrogen) atoms. The Bertz CT molecular complexity index is 462. The third kappa shape index (κ3) is 8.57. The Morgan fingerprint density at radius 1 is 1.22 bits per heavy atom. The van der Waals surface area contributed by atoms with Gasteiger partial charge in [0, 0.05) is 37.6 Å². The second kappa shape index (κ2) is 11.9. The molecular weight excluding hydrogens is 288 g/mol. The van der Waals surface area contributed by atoms with E-state index in [9.17, 15) is 5.11 Å². The van der Waals surface area contributed by atoms with Crippen LogP contribution in [0.5, 0.6) is 0 Å². The Kier molecular flexibility index (Phi) is 11.1. The molecule has 0 rings (SSSR count). The van der Waals surface area contributed by atoms with E-state index in [1.54, 1.807) is 6.20 Å². The Hall–Kier alpha value is -1.59. The second-order valence-corrected chi connectivity index (χ2v) is 5.81. The summed E-state index contributed by atoms with van der Waals surface area (Å²) in [7, 11) is 5.98. The highest BCUT2D eigenvalue weighted by molar-refractivity contribution is 5.84. The van der Waals surface area contributed by atoms with Gasteiger partial charge in [0.25, 0.3) is 0 Å². The molecule has 5 nitrogen and oxygen atoms in total. The van der Waals surface area contributed by atoms with Gasteiger partial charge in [-0.05, 0) is 39.1 Å². The molecule has 0 aliphatic rings. The van der Waals surface area contributed by atoms with Gasteiger partial charge >= 0.3 is 0 Å². The minimum Gasteiger partial charge on any atom is -0.400 e. The fourth-order valence-electron chi connectivity index (χ4n) is 2.17. The van der Waals surface area contributed by atoms with Gasteiger partial charge < -0.3 is 20.6 Å². The van der Waals surface area contributed by atoms with Crippen LogP contribution in [-0.4, -0.2) is 55.0 Å². The number of aliphatic hydroxyl groups excluding tert-OH is 1. The summed E-state index contributed by atoms with van der Waals surface area (Å²) in [6.07, 6.45) is 8.50. The van der Waals surface area contributed by atoms with Gasteiger partial charge in [0.15, 0.2) is 0 Å². The van der Waals surface area contributed by atoms with Crippen molar-refractivity contribution in [2.75, 3.05) is 34.3 Å². The minimum atomic E-state index is 0.0475. The Morgan fingerprint density at radius 2 is 1.87 bits per heavy atom. The lowest BCUT2D eigenvalue weighted by molar-refractivity contribution is 0.334. The summed E-state index contributed by atoms with van der Waals surface area (Å²) in [4.78, 5) is 8.68. The van der Waals surface area contributed by atoms with Gasteiger partial charge in [0.2, 0.25) is 0 Å². The van der Waals surface area contributed by atoms with Crippen molar-refractivity contribution in [3.8, 4) is 0 Å². The first-order chi connectivity index (χ1) is 10.9. The number of nitrogens with two attached hydrogens (primary N) is 1. The van der Waals surface area contributed by atoms with E-state index in [4.69, 9.17) is 5.73 Å². The normalized spacial score (nSPS) is 14.6. The zero-order chi connectivity index (χ0) is 17.8. The number of rotatable bonds is 9. The summed E-state index contributed by atoms with van der Waals surface area (Å²) in [5.74, 6) is 0.958. The van der Waals surface area contributed by atoms with Crippen molar-refractivity contribution in [3.63, 3.8) is 0 Å². The molecule has 0 radical (unpaired) electrons. The first-order valence-corrected chi connectivity index (χ1v) is 8.25. The van der Waals surface area contributed by atoms with Gasteiger partial charge in [-0.15, -0.1) is 0 Å². The van der Waals surface area contributed by atoms with Crippen LogP contribution in [0.25, 0.3) is 0 Å². The third-order valence-corrected chi connectivity index (χ3v) is 3.42. The quantitative estimate of drug-likeness (QED) is 0.389. The standard InChI is InChI=1S/C18H34N4O/c1-7-10-17(11-15(8-2)14-23)22(6)18(9-3)20-12-16(19)13-21(4)5/h8,11-12,23H,7,9-10,13-14,19H2,1-6H3/b15-8+,16-12+,17-11+,20-18?. The van der Waals surface area contributed by atoms with Crippen LogP contribution in [0.2, 0.25) is 0 Å². The smallest absolute Gasteiger partial charge is 0.108 e. The van der Waals surface area contributed by atoms with E-state index in [1.165, 1.54) is 0 Å². The molecular formula is C18H34N4O. The van der Waals surface area contributed by atoms with Gasteiger partial charge in [-0.2, -0.15) is 0 Å². The monoisotopic (exact) mass is 322 g/mol. The molecule has 0 amide bonds. The van der Waals surface area contributed by atoms with Crippen LogP contribution < -0.4 is 5.73 Å². The molecule has 3 N–H and O–H groups in total. The number of amidine groups is 1. The predicted molar refractivity (Wildman–Crippen MR) is 100 cm³/mol. The average Bonchev–Trinajstić information content (AvgIpc) is 2.51. The Labute approximate surface area is 141 Å². The molecule has 0 aromatic heterocycles. The molecule has 0 aliphatic carbocycles. The summed E-state index contributed by atoms with van der Waals surface area (Å²) >= 11 is 0. The molecule has 0 bridgehead atoms. The summed E-state index contributed by atoms with van der Waals surface area (Å²) < 4.78 is 0. The maximum absolute atomic E-state index is 9.39. The topological polar surface area (TPSA) is 65.1 Å². The molecule has 0 aromatic rings. The van der Waals surface area contributed by atoms with Crippen molar-refractivity contribution in [1.82, 2.24) is 9.80 Å². The van der Waals surface area contributed by atoms with Crippen LogP contribution in [0.15, 0.2) is 40.3 Å². The Balaban J connectivity index is 5.39. The van der Waals surface area contributed by atoms with Crippen LogP contribution in [-0.2, 0) is 0 Å². The van der Waals surface area contributed by atoms with Gasteiger partial charge in [0.1, 0.15) is 5.84 Å². The number of aliphatic hydroxyl groups is 1. The number of likely N-dealkylation sites (N-methyl/N-ethyl adjacent to an activating group) is 1. The zero-order valence-electron chi connectivity index (χ0n) is 15.6. The van der Waals surface area contributed by atoms with Gasteiger partial charge in [-0.1, -0.05) is 26.3 Å². The maximum atomic E-state index is 9.39. The number of hydrogen-bond acceptors (Lipinski definition) is 4. The molecule has 0 saturated heterocycles. The lowest BCUT2D eigenvalue weighted by atomic mass is 10.1. The number of nitrogens with zero attached hydrogens (tertiary/aromatic N) is 3. The van der Waals surface area contributed by atoms with Crippen LogP contribution in [0.1, 0.15) is 40.0 Å². The van der Waals surface area contributed by atoms with Crippen molar-refractivity contribution < 1.29 is 5.11 Å². The molecule has 0 fully saturated rings. The van der Waals surface area contributed by atoms with E-state index in [0.29, 0.717) is 6.54 Å². The van der Waals surface area contributed by atoms with Gasteiger partial charge in [-0.25, -0.2) is 4.99 Å². The van der Waals surface area contributed by atoms with E-state index in [2.05, 4.69) is 23.7 Å². The fourth-order valence-corrected chi connectivity index (χ4v) is 2.17. The van der Waals surface area contributed by atoms with Crippen LogP contribution in [0, 0.1) is 0 Å². The lowest BCUT2D eigenvalue weighted by Gasteiger charge is -2.24. The first kappa shape index (κ1) is 21.4. The van der Waals surface area contributed by atoms with Gasteiger partial charge in [-0.3, -0.25) is 0 Å². The summed E-state index contributed by atoms with van der Waals surface area (Å²) in [5, 5.41) is 9.39. The summed E-state index contributed by atoms with van der Waals surface area (Å²) in [5.41, 5.74) is 8.77. The lowest BCUT2D eigenvalue weighted by Crippen LogP contribution is -2.26. The molecule has 0 heterocycles. The number of allylic oxidation sites excluding steroid dienone is 2. The maximum Gasteiger partial charge on any atom is 0.108 e. The van der Waals surface area contributed by atoms with Crippen molar-refractivity contribution in [1.29, 1.82) is 0 Å². The fraction of sp³-hybridized carbons (Fsp3) is 0.611.